The number of aromatic hydroxyl groups is 3. The monoisotopic (exact) mass is 1430 g/mol. The normalized spacial score (nSPS) is 28.9. The van der Waals surface area contributed by atoms with Crippen LogP contribution in [0.2, 0.25) is 10.0 Å². The summed E-state index contributed by atoms with van der Waals surface area (Å²) in [4.78, 5) is 131. The van der Waals surface area contributed by atoms with Gasteiger partial charge in [-0.15, -0.1) is 0 Å². The number of aliphatic carboxylic acids is 1. The van der Waals surface area contributed by atoms with Crippen molar-refractivity contribution in [3.05, 3.63) is 117 Å². The highest BCUT2D eigenvalue weighted by Gasteiger charge is 2.49. The second-order valence-electron chi connectivity index (χ2n) is 25.2. The lowest BCUT2D eigenvalue weighted by molar-refractivity contribution is -0.277. The number of ether oxygens (including phenoxy) is 6. The summed E-state index contributed by atoms with van der Waals surface area (Å²) in [5.41, 5.74) is 13.9. The molecule has 33 nitrogen and oxygen atoms in total. The lowest BCUT2D eigenvalue weighted by atomic mass is 9.88. The SMILES string of the molecule is CC(C)C[C@@H](N)C(=O)NC1C(=O)NC(CC(N)=O)C(=O)NC2C(=O)NC3C(=O)NC(C(=O)NC(C(=O)O)c4cc(O)cc(O)c4-c4cc3ccc4O)C(OC3C[C@](C)(N)C(=O)[C@H](C)O3)c3ccc(c(Cl)c3)Oc3cc2cc(c3OC2O[C@H](CO)[C@@H](O)[C@H](O)[C@H]2O)Oc2ccc(cc2Cl)C1O. The zero-order valence-corrected chi connectivity index (χ0v) is 54.8. The Balaban J connectivity index is 1.26. The van der Waals surface area contributed by atoms with E-state index < -0.39 is 243 Å². The first kappa shape index (κ1) is 73.2. The van der Waals surface area contributed by atoms with E-state index >= 15 is 19.2 Å². The first-order valence-electron chi connectivity index (χ1n) is 31.0. The standard InChI is InChI=1S/C65H71Cl2N9O24/c1-22(2)11-33(68)57(87)75-48-50(82)25-6-9-37(31(66)13-25)96-39-15-27-16-40(55(39)100-64-53(85)52(84)51(83)41(21-77)98-64)97-38-10-7-26(14-32(38)67)54(99-43-20-65(4,70)56(86)23(3)95-43)49-62(92)74-47(63(93)94)30-17-28(78)18-36(80)44(30)29-12-24(5-8-35(29)79)45(59(89)76-49)73-60(90)46(27)72-58(88)34(19-42(69)81)71-61(48)91/h5-10,12-18,22-23,33-34,41,43,45-54,64,77-80,82-85H,11,19-21,68,70H2,1-4H3,(H2,69,81)(H,71,91)(H,72,88)(H,73,90)(H,74,92)(H,75,87)(H,76,89)(H,93,94)/t23-,33+,34?,41+,43?,45?,46?,47?,48?,49?,50?,51+,52-,53+,54?,64?,65-/m0/s1. The van der Waals surface area contributed by atoms with Crippen molar-refractivity contribution in [1.82, 2.24) is 31.9 Å². The Morgan fingerprint density at radius 1 is 0.710 bits per heavy atom. The number of aliphatic hydroxyl groups excluding tert-OH is 5. The molecule has 7 amide bonds. The molecule has 5 aromatic rings. The summed E-state index contributed by atoms with van der Waals surface area (Å²) in [7, 11) is 0. The topological polar surface area (TPSA) is 541 Å². The van der Waals surface area contributed by atoms with E-state index in [1.807, 2.05) is 0 Å². The molecule has 10 unspecified atom stereocenters. The Hall–Kier alpha value is -9.49. The third kappa shape index (κ3) is 15.3. The molecule has 0 aliphatic carbocycles. The minimum Gasteiger partial charge on any atom is -0.508 e. The third-order valence-electron chi connectivity index (χ3n) is 17.2. The molecule has 2 fully saturated rings. The lowest BCUT2D eigenvalue weighted by Crippen LogP contribution is -2.60. The number of aliphatic hydroxyl groups is 5. The van der Waals surface area contributed by atoms with Crippen LogP contribution >= 0.6 is 23.2 Å². The van der Waals surface area contributed by atoms with Gasteiger partial charge in [-0.1, -0.05) is 55.2 Å². The number of nitrogens with two attached hydrogens (primary N) is 3. The van der Waals surface area contributed by atoms with E-state index in [4.69, 9.17) is 68.8 Å². The maximum absolute atomic E-state index is 16.1. The highest BCUT2D eigenvalue weighted by atomic mass is 35.5. The van der Waals surface area contributed by atoms with E-state index in [0.717, 1.165) is 66.7 Å². The van der Waals surface area contributed by atoms with Crippen LogP contribution in [0.15, 0.2) is 78.9 Å². The van der Waals surface area contributed by atoms with Gasteiger partial charge in [-0.3, -0.25) is 38.4 Å². The molecular formula is C65H71Cl2N9O24. The number of ketones is 1. The van der Waals surface area contributed by atoms with Crippen LogP contribution < -0.4 is 63.3 Å². The molecule has 0 spiro atoms. The predicted molar refractivity (Wildman–Crippen MR) is 343 cm³/mol. The summed E-state index contributed by atoms with van der Waals surface area (Å²) >= 11 is 14.2. The molecule has 2 saturated heterocycles. The quantitative estimate of drug-likeness (QED) is 0.0785. The van der Waals surface area contributed by atoms with E-state index in [0.29, 0.717) is 0 Å². The molecule has 534 valence electrons. The average Bonchev–Trinajstić information content (AvgIpc) is 0.769. The molecular weight excluding hydrogens is 1360 g/mol. The number of Topliss-reactive ketones (excluding diaryl/α,β-unsaturated/α-hetero) is 1. The van der Waals surface area contributed by atoms with Gasteiger partial charge in [0.1, 0.15) is 102 Å². The second-order valence-corrected chi connectivity index (χ2v) is 26.1. The molecule has 5 aromatic carbocycles. The zero-order chi connectivity index (χ0) is 72.8. The Morgan fingerprint density at radius 2 is 1.32 bits per heavy atom. The van der Waals surface area contributed by atoms with E-state index in [1.165, 1.54) is 26.0 Å². The fraction of sp³-hybridized carbons (Fsp3) is 0.400. The minimum absolute atomic E-state index is 0.0735. The van der Waals surface area contributed by atoms with Crippen molar-refractivity contribution in [2.75, 3.05) is 6.61 Å². The van der Waals surface area contributed by atoms with Crippen LogP contribution in [0.4, 0.5) is 0 Å². The molecule has 100 heavy (non-hydrogen) atoms. The number of primary amides is 1. The largest absolute Gasteiger partial charge is 0.508 e. The fourth-order valence-corrected chi connectivity index (χ4v) is 12.6. The lowest BCUT2D eigenvalue weighted by Gasteiger charge is -2.40. The van der Waals surface area contributed by atoms with Gasteiger partial charge in [-0.2, -0.15) is 0 Å². The Kier molecular flexibility index (Phi) is 21.5. The molecule has 17 atom stereocenters. The van der Waals surface area contributed by atoms with Gasteiger partial charge in [0.15, 0.2) is 29.6 Å². The van der Waals surface area contributed by atoms with E-state index in [2.05, 4.69) is 31.9 Å². The van der Waals surface area contributed by atoms with Gasteiger partial charge in [0.2, 0.25) is 53.4 Å². The maximum atomic E-state index is 16.1. The van der Waals surface area contributed by atoms with Crippen molar-refractivity contribution < 1.29 is 118 Å². The number of benzene rings is 5. The van der Waals surface area contributed by atoms with Crippen molar-refractivity contribution in [2.24, 2.45) is 23.1 Å². The third-order valence-corrected chi connectivity index (χ3v) is 17.8. The molecule has 0 saturated carbocycles. The van der Waals surface area contributed by atoms with E-state index in [9.17, 15) is 69.9 Å². The number of hydrogen-bond acceptors (Lipinski definition) is 25. The van der Waals surface area contributed by atoms with Gasteiger partial charge in [-0.05, 0) is 103 Å². The van der Waals surface area contributed by atoms with Crippen LogP contribution in [-0.2, 0) is 57.4 Å². The van der Waals surface area contributed by atoms with Gasteiger partial charge in [-0.25, -0.2) is 4.79 Å². The molecule has 21 N–H and O–H groups in total. The van der Waals surface area contributed by atoms with Crippen LogP contribution in [0.5, 0.6) is 46.0 Å². The van der Waals surface area contributed by atoms with Gasteiger partial charge >= 0.3 is 5.97 Å². The van der Waals surface area contributed by atoms with Crippen LogP contribution in [0, 0.1) is 5.92 Å². The highest BCUT2D eigenvalue weighted by molar-refractivity contribution is 6.32. The van der Waals surface area contributed by atoms with Gasteiger partial charge in [0.25, 0.3) is 0 Å². The number of rotatable bonds is 12. The van der Waals surface area contributed by atoms with Crippen molar-refractivity contribution in [2.45, 2.75) is 150 Å². The number of carbonyl (C=O) groups excluding carboxylic acids is 8. The number of amides is 7. The second kappa shape index (κ2) is 29.4. The highest BCUT2D eigenvalue weighted by Crippen LogP contribution is 2.50. The summed E-state index contributed by atoms with van der Waals surface area (Å²) in [6.07, 6.45) is -18.3. The number of phenolic OH excluding ortho intramolecular Hbond substituents is 3. The average molecular weight is 1430 g/mol. The Bertz CT molecular complexity index is 4110. The van der Waals surface area contributed by atoms with Gasteiger partial charge in [0, 0.05) is 29.2 Å². The van der Waals surface area contributed by atoms with E-state index in [1.54, 1.807) is 13.8 Å². The van der Waals surface area contributed by atoms with Crippen molar-refractivity contribution >= 4 is 76.3 Å². The first-order valence-corrected chi connectivity index (χ1v) is 31.8. The molecule has 0 aromatic heterocycles. The van der Waals surface area contributed by atoms with Gasteiger partial charge in [0.05, 0.1) is 34.7 Å². The number of hydrogen-bond donors (Lipinski definition) is 18. The summed E-state index contributed by atoms with van der Waals surface area (Å²) in [6.45, 7) is 5.27. The first-order chi connectivity index (χ1) is 47.1. The number of carboxylic acid groups (broad SMARTS) is 1. The van der Waals surface area contributed by atoms with Crippen LogP contribution in [0.3, 0.4) is 0 Å². The number of carboxylic acids is 1. The molecule has 35 heteroatoms. The van der Waals surface area contributed by atoms with Crippen LogP contribution in [-0.4, -0.2) is 178 Å². The zero-order valence-electron chi connectivity index (χ0n) is 53.3. The number of halogens is 2. The molecule has 7 aliphatic rings. The van der Waals surface area contributed by atoms with Crippen LogP contribution in [0.1, 0.15) is 105 Å². The summed E-state index contributed by atoms with van der Waals surface area (Å²) < 4.78 is 37.7. The molecule has 0 radical (unpaired) electrons. The molecule has 7 aliphatic heterocycles. The summed E-state index contributed by atoms with van der Waals surface area (Å²) in [5.74, 6) is -17.0. The molecule has 12 rings (SSSR count). The summed E-state index contributed by atoms with van der Waals surface area (Å²) in [6, 6.07) is -1.06. The van der Waals surface area contributed by atoms with Crippen molar-refractivity contribution in [3.63, 3.8) is 0 Å². The fourth-order valence-electron chi connectivity index (χ4n) is 12.2. The summed E-state index contributed by atoms with van der Waals surface area (Å²) in [5, 5.41) is 115. The number of carbonyl (C=O) groups is 9. The van der Waals surface area contributed by atoms with Crippen LogP contribution in [0.25, 0.3) is 11.1 Å². The Labute approximate surface area is 577 Å². The smallest absolute Gasteiger partial charge is 0.330 e. The minimum atomic E-state index is -2.36. The molecule has 11 bridgehead atoms. The number of fused-ring (bicyclic) bond motifs is 15. The Morgan fingerprint density at radius 3 is 1.93 bits per heavy atom. The van der Waals surface area contributed by atoms with Crippen molar-refractivity contribution in [1.29, 1.82) is 0 Å². The van der Waals surface area contributed by atoms with Crippen molar-refractivity contribution in [3.8, 4) is 57.1 Å². The predicted octanol–water partition coefficient (Wildman–Crippen LogP) is 0.0537. The van der Waals surface area contributed by atoms with Gasteiger partial charge < -0.3 is 123 Å². The number of nitrogens with one attached hydrogen (secondary N) is 6. The maximum Gasteiger partial charge on any atom is 0.330 e. The van der Waals surface area contributed by atoms with E-state index in [-0.39, 0.29) is 39.8 Å². The molecule has 7 heterocycles. The number of phenols is 3.